The standard InChI is InChI=1S/C19H19N5S/c1-23-18(17(22-19(23)25)15-8-3-5-11-21-15)16-9-6-12-24(16)13-14-7-2-4-10-20-14/h2-12,17-18H,13H2,1H3,(H,22,25)/t17-,18+/m1/s1. The van der Waals surface area contributed by atoms with Crippen LogP contribution < -0.4 is 5.32 Å². The van der Waals surface area contributed by atoms with E-state index >= 15 is 0 Å². The summed E-state index contributed by atoms with van der Waals surface area (Å²) in [5.74, 6) is 0. The molecule has 3 aromatic rings. The molecule has 4 heterocycles. The predicted molar refractivity (Wildman–Crippen MR) is 101 cm³/mol. The third-order valence-electron chi connectivity index (χ3n) is 4.56. The number of hydrogen-bond acceptors (Lipinski definition) is 3. The van der Waals surface area contributed by atoms with E-state index in [0.29, 0.717) is 0 Å². The van der Waals surface area contributed by atoms with Crippen LogP contribution in [0, 0.1) is 0 Å². The van der Waals surface area contributed by atoms with Gasteiger partial charge in [0.15, 0.2) is 5.11 Å². The summed E-state index contributed by atoms with van der Waals surface area (Å²) in [7, 11) is 2.03. The molecule has 0 saturated carbocycles. The van der Waals surface area contributed by atoms with Crippen LogP contribution >= 0.6 is 12.2 Å². The largest absolute Gasteiger partial charge is 0.352 e. The van der Waals surface area contributed by atoms with Crippen molar-refractivity contribution in [2.75, 3.05) is 7.05 Å². The van der Waals surface area contributed by atoms with E-state index in [1.807, 2.05) is 55.8 Å². The van der Waals surface area contributed by atoms with Gasteiger partial charge in [-0.2, -0.15) is 0 Å². The van der Waals surface area contributed by atoms with Crippen molar-refractivity contribution in [3.8, 4) is 0 Å². The molecule has 25 heavy (non-hydrogen) atoms. The smallest absolute Gasteiger partial charge is 0.169 e. The number of nitrogens with zero attached hydrogens (tertiary/aromatic N) is 4. The molecule has 1 N–H and O–H groups in total. The van der Waals surface area contributed by atoms with Gasteiger partial charge in [0.25, 0.3) is 0 Å². The van der Waals surface area contributed by atoms with Crippen molar-refractivity contribution in [1.29, 1.82) is 0 Å². The van der Waals surface area contributed by atoms with Crippen LogP contribution in [0.3, 0.4) is 0 Å². The number of thiocarbonyl (C=S) groups is 1. The highest BCUT2D eigenvalue weighted by Gasteiger charge is 2.39. The second kappa shape index (κ2) is 6.64. The Bertz CT molecular complexity index is 862. The summed E-state index contributed by atoms with van der Waals surface area (Å²) in [4.78, 5) is 11.1. The number of rotatable bonds is 4. The van der Waals surface area contributed by atoms with Crippen LogP contribution in [0.4, 0.5) is 0 Å². The Hall–Kier alpha value is -2.73. The summed E-state index contributed by atoms with van der Waals surface area (Å²) in [6.45, 7) is 0.731. The van der Waals surface area contributed by atoms with E-state index in [1.165, 1.54) is 5.69 Å². The minimum atomic E-state index is 0.0242. The lowest BCUT2D eigenvalue weighted by Crippen LogP contribution is -2.26. The second-order valence-corrected chi connectivity index (χ2v) is 6.51. The van der Waals surface area contributed by atoms with Crippen LogP contribution in [-0.4, -0.2) is 31.6 Å². The van der Waals surface area contributed by atoms with Gasteiger partial charge in [-0.3, -0.25) is 9.97 Å². The summed E-state index contributed by atoms with van der Waals surface area (Å²) in [6, 6.07) is 16.3. The van der Waals surface area contributed by atoms with Crippen molar-refractivity contribution >= 4 is 17.3 Å². The van der Waals surface area contributed by atoms with Crippen molar-refractivity contribution in [1.82, 2.24) is 24.8 Å². The van der Waals surface area contributed by atoms with Gasteiger partial charge in [0.05, 0.1) is 30.0 Å². The van der Waals surface area contributed by atoms with Gasteiger partial charge in [0.1, 0.15) is 0 Å². The molecule has 0 spiro atoms. The normalized spacial score (nSPS) is 19.9. The molecule has 1 aliphatic rings. The maximum atomic E-state index is 5.51. The first-order chi connectivity index (χ1) is 12.2. The van der Waals surface area contributed by atoms with E-state index < -0.39 is 0 Å². The third kappa shape index (κ3) is 3.00. The molecule has 1 aliphatic heterocycles. The monoisotopic (exact) mass is 349 g/mol. The molecule has 5 nitrogen and oxygen atoms in total. The first kappa shape index (κ1) is 15.8. The number of pyridine rings is 2. The zero-order chi connectivity index (χ0) is 17.2. The molecule has 4 rings (SSSR count). The van der Waals surface area contributed by atoms with Gasteiger partial charge < -0.3 is 14.8 Å². The average molecular weight is 349 g/mol. The Kier molecular flexibility index (Phi) is 4.19. The van der Waals surface area contributed by atoms with Crippen molar-refractivity contribution in [3.63, 3.8) is 0 Å². The molecule has 6 heteroatoms. The van der Waals surface area contributed by atoms with Crippen molar-refractivity contribution in [2.45, 2.75) is 18.6 Å². The Morgan fingerprint density at radius 2 is 1.84 bits per heavy atom. The molecule has 0 radical (unpaired) electrons. The molecule has 1 saturated heterocycles. The molecule has 1 fully saturated rings. The Morgan fingerprint density at radius 3 is 2.56 bits per heavy atom. The maximum absolute atomic E-state index is 5.51. The van der Waals surface area contributed by atoms with Crippen LogP contribution in [0.5, 0.6) is 0 Å². The molecular weight excluding hydrogens is 330 g/mol. The number of hydrogen-bond donors (Lipinski definition) is 1. The third-order valence-corrected chi connectivity index (χ3v) is 4.97. The zero-order valence-corrected chi connectivity index (χ0v) is 14.7. The molecule has 2 atom stereocenters. The number of likely N-dealkylation sites (N-methyl/N-ethyl adjacent to an activating group) is 1. The van der Waals surface area contributed by atoms with Crippen molar-refractivity contribution < 1.29 is 0 Å². The minimum Gasteiger partial charge on any atom is -0.352 e. The fraction of sp³-hybridized carbons (Fsp3) is 0.211. The van der Waals surface area contributed by atoms with Crippen LogP contribution in [0.15, 0.2) is 67.1 Å². The minimum absolute atomic E-state index is 0.0242. The van der Waals surface area contributed by atoms with E-state index in [0.717, 1.165) is 23.0 Å². The van der Waals surface area contributed by atoms with Gasteiger partial charge in [-0.1, -0.05) is 12.1 Å². The molecule has 0 bridgehead atoms. The molecule has 0 unspecified atom stereocenters. The average Bonchev–Trinajstić information content (AvgIpc) is 3.21. The molecular formula is C19H19N5S. The maximum Gasteiger partial charge on any atom is 0.169 e. The number of nitrogens with one attached hydrogen (secondary N) is 1. The molecule has 0 aliphatic carbocycles. The van der Waals surface area contributed by atoms with E-state index in [-0.39, 0.29) is 12.1 Å². The lowest BCUT2D eigenvalue weighted by Gasteiger charge is -2.25. The highest BCUT2D eigenvalue weighted by molar-refractivity contribution is 7.80. The van der Waals surface area contributed by atoms with Crippen LogP contribution in [0.25, 0.3) is 0 Å². The SMILES string of the molecule is CN1C(=S)N[C@H](c2ccccn2)[C@@H]1c1cccn1Cc1ccccn1. The first-order valence-electron chi connectivity index (χ1n) is 8.23. The van der Waals surface area contributed by atoms with E-state index in [4.69, 9.17) is 12.2 Å². The zero-order valence-electron chi connectivity index (χ0n) is 13.9. The Balaban J connectivity index is 1.70. The van der Waals surface area contributed by atoms with Crippen LogP contribution in [-0.2, 0) is 6.54 Å². The summed E-state index contributed by atoms with van der Waals surface area (Å²) < 4.78 is 2.23. The van der Waals surface area contributed by atoms with Crippen LogP contribution in [0.2, 0.25) is 0 Å². The van der Waals surface area contributed by atoms with Crippen molar-refractivity contribution in [2.24, 2.45) is 0 Å². The second-order valence-electron chi connectivity index (χ2n) is 6.12. The van der Waals surface area contributed by atoms with Crippen molar-refractivity contribution in [3.05, 3.63) is 84.2 Å². The molecule has 0 amide bonds. The fourth-order valence-electron chi connectivity index (χ4n) is 3.33. The summed E-state index contributed by atoms with van der Waals surface area (Å²) in [5, 5.41) is 4.16. The van der Waals surface area contributed by atoms with Gasteiger partial charge in [-0.15, -0.1) is 0 Å². The fourth-order valence-corrected chi connectivity index (χ4v) is 3.58. The Morgan fingerprint density at radius 1 is 1.04 bits per heavy atom. The first-order valence-corrected chi connectivity index (χ1v) is 8.64. The quantitative estimate of drug-likeness (QED) is 0.734. The number of aromatic nitrogens is 3. The lowest BCUT2D eigenvalue weighted by molar-refractivity contribution is 0.350. The molecule has 126 valence electrons. The van der Waals surface area contributed by atoms with Crippen LogP contribution in [0.1, 0.15) is 29.2 Å². The van der Waals surface area contributed by atoms with Gasteiger partial charge in [-0.25, -0.2) is 0 Å². The molecule has 3 aromatic heterocycles. The highest BCUT2D eigenvalue weighted by atomic mass is 32.1. The van der Waals surface area contributed by atoms with Gasteiger partial charge in [-0.05, 0) is 48.6 Å². The van der Waals surface area contributed by atoms with Gasteiger partial charge >= 0.3 is 0 Å². The highest BCUT2D eigenvalue weighted by Crippen LogP contribution is 2.37. The van der Waals surface area contributed by atoms with E-state index in [2.05, 4.69) is 43.1 Å². The van der Waals surface area contributed by atoms with Gasteiger partial charge in [0.2, 0.25) is 0 Å². The van der Waals surface area contributed by atoms with E-state index in [9.17, 15) is 0 Å². The summed E-state index contributed by atoms with van der Waals surface area (Å²) in [5.41, 5.74) is 3.21. The van der Waals surface area contributed by atoms with E-state index in [1.54, 1.807) is 0 Å². The Labute approximate surface area is 152 Å². The molecule has 0 aromatic carbocycles. The predicted octanol–water partition coefficient (Wildman–Crippen LogP) is 2.93. The lowest BCUT2D eigenvalue weighted by atomic mass is 10.0. The summed E-state index contributed by atoms with van der Waals surface area (Å²) >= 11 is 5.51. The van der Waals surface area contributed by atoms with Gasteiger partial charge in [0, 0.05) is 31.3 Å². The topological polar surface area (TPSA) is 46.0 Å². The summed E-state index contributed by atoms with van der Waals surface area (Å²) in [6.07, 6.45) is 5.74.